The van der Waals surface area contributed by atoms with Crippen molar-refractivity contribution in [3.8, 4) is 0 Å². The number of nitrogens with zero attached hydrogens (tertiary/aromatic N) is 2. The third-order valence-corrected chi connectivity index (χ3v) is 5.75. The third kappa shape index (κ3) is 3.21. The average molecular weight is 322 g/mol. The third-order valence-electron chi connectivity index (χ3n) is 5.75. The van der Waals surface area contributed by atoms with Gasteiger partial charge in [0.05, 0.1) is 5.92 Å². The lowest BCUT2D eigenvalue weighted by Gasteiger charge is -2.34. The van der Waals surface area contributed by atoms with Gasteiger partial charge < -0.3 is 14.9 Å². The van der Waals surface area contributed by atoms with Gasteiger partial charge in [0.1, 0.15) is 6.04 Å². The van der Waals surface area contributed by atoms with Crippen molar-refractivity contribution in [3.05, 3.63) is 0 Å². The Labute approximate surface area is 136 Å². The SMILES string of the molecule is CC1CCC(N2CC(C(=O)N3CCC[C@@H]3C(=O)O)CC2=O)CC1. The maximum atomic E-state index is 12.7. The highest BCUT2D eigenvalue weighted by molar-refractivity contribution is 5.91. The molecular weight excluding hydrogens is 296 g/mol. The van der Waals surface area contributed by atoms with Gasteiger partial charge in [0.15, 0.2) is 0 Å². The van der Waals surface area contributed by atoms with E-state index in [2.05, 4.69) is 6.92 Å². The second-order valence-electron chi connectivity index (χ2n) is 7.39. The van der Waals surface area contributed by atoms with Crippen LogP contribution in [0.3, 0.4) is 0 Å². The molecule has 0 bridgehead atoms. The van der Waals surface area contributed by atoms with E-state index in [1.165, 1.54) is 4.90 Å². The van der Waals surface area contributed by atoms with E-state index < -0.39 is 12.0 Å². The number of hydrogen-bond donors (Lipinski definition) is 1. The topological polar surface area (TPSA) is 77.9 Å². The van der Waals surface area contributed by atoms with Crippen LogP contribution in [0.1, 0.15) is 51.9 Å². The predicted molar refractivity (Wildman–Crippen MR) is 83.6 cm³/mol. The largest absolute Gasteiger partial charge is 0.480 e. The van der Waals surface area contributed by atoms with Crippen LogP contribution >= 0.6 is 0 Å². The second-order valence-corrected chi connectivity index (χ2v) is 7.39. The summed E-state index contributed by atoms with van der Waals surface area (Å²) in [4.78, 5) is 39.6. The lowest BCUT2D eigenvalue weighted by molar-refractivity contribution is -0.149. The van der Waals surface area contributed by atoms with Crippen LogP contribution in [0.5, 0.6) is 0 Å². The number of likely N-dealkylation sites (tertiary alicyclic amines) is 2. The standard InChI is InChI=1S/C17H26N2O4/c1-11-4-6-13(7-5-11)19-10-12(9-15(19)20)16(21)18-8-2-3-14(18)17(22)23/h11-14H,2-10H2,1H3,(H,22,23)/t11?,12?,13?,14-/m1/s1. The molecule has 0 radical (unpaired) electrons. The quantitative estimate of drug-likeness (QED) is 0.854. The van der Waals surface area contributed by atoms with Crippen LogP contribution in [0, 0.1) is 11.8 Å². The minimum absolute atomic E-state index is 0.0639. The van der Waals surface area contributed by atoms with Crippen molar-refractivity contribution in [2.75, 3.05) is 13.1 Å². The zero-order valence-corrected chi connectivity index (χ0v) is 13.7. The zero-order chi connectivity index (χ0) is 16.6. The molecular formula is C17H26N2O4. The summed E-state index contributed by atoms with van der Waals surface area (Å²) in [6.45, 7) is 3.22. The highest BCUT2D eigenvalue weighted by atomic mass is 16.4. The number of carboxylic acids is 1. The Hall–Kier alpha value is -1.59. The van der Waals surface area contributed by atoms with E-state index in [0.717, 1.165) is 38.0 Å². The van der Waals surface area contributed by atoms with Crippen molar-refractivity contribution >= 4 is 17.8 Å². The van der Waals surface area contributed by atoms with Crippen molar-refractivity contribution in [3.63, 3.8) is 0 Å². The highest BCUT2D eigenvalue weighted by Gasteiger charge is 2.43. The Morgan fingerprint density at radius 2 is 1.83 bits per heavy atom. The molecule has 3 fully saturated rings. The number of aliphatic carboxylic acids is 1. The van der Waals surface area contributed by atoms with E-state index >= 15 is 0 Å². The molecule has 128 valence electrons. The molecule has 1 aliphatic carbocycles. The second kappa shape index (κ2) is 6.49. The first-order chi connectivity index (χ1) is 11.0. The molecule has 23 heavy (non-hydrogen) atoms. The summed E-state index contributed by atoms with van der Waals surface area (Å²) in [5.41, 5.74) is 0. The number of carbonyl (C=O) groups excluding carboxylic acids is 2. The molecule has 0 spiro atoms. The number of carboxylic acid groups (broad SMARTS) is 1. The number of carbonyl (C=O) groups is 3. The van der Waals surface area contributed by atoms with Crippen molar-refractivity contribution in [2.45, 2.75) is 64.0 Å². The summed E-state index contributed by atoms with van der Waals surface area (Å²) in [6, 6.07) is -0.437. The minimum Gasteiger partial charge on any atom is -0.480 e. The normalized spacial score (nSPS) is 34.9. The smallest absolute Gasteiger partial charge is 0.326 e. The summed E-state index contributed by atoms with van der Waals surface area (Å²) in [5, 5.41) is 9.24. The fraction of sp³-hybridized carbons (Fsp3) is 0.824. The summed E-state index contributed by atoms with van der Waals surface area (Å²) in [5.74, 6) is -0.647. The fourth-order valence-electron chi connectivity index (χ4n) is 4.33. The molecule has 0 aromatic heterocycles. The van der Waals surface area contributed by atoms with Gasteiger partial charge in [-0.3, -0.25) is 9.59 Å². The van der Waals surface area contributed by atoms with Crippen LogP contribution in [0.15, 0.2) is 0 Å². The lowest BCUT2D eigenvalue weighted by atomic mass is 9.86. The maximum Gasteiger partial charge on any atom is 0.326 e. The molecule has 2 heterocycles. The first-order valence-electron chi connectivity index (χ1n) is 8.80. The Bertz CT molecular complexity index is 499. The van der Waals surface area contributed by atoms with Gasteiger partial charge in [0.2, 0.25) is 11.8 Å². The van der Waals surface area contributed by atoms with Crippen LogP contribution in [-0.2, 0) is 14.4 Å². The van der Waals surface area contributed by atoms with Gasteiger partial charge in [0, 0.05) is 25.6 Å². The van der Waals surface area contributed by atoms with Crippen molar-refractivity contribution in [2.24, 2.45) is 11.8 Å². The number of rotatable bonds is 3. The van der Waals surface area contributed by atoms with E-state index in [1.807, 2.05) is 4.90 Å². The molecule has 1 N–H and O–H groups in total. The van der Waals surface area contributed by atoms with E-state index in [0.29, 0.717) is 19.5 Å². The molecule has 0 aromatic carbocycles. The Kier molecular flexibility index (Phi) is 4.60. The lowest BCUT2D eigenvalue weighted by Crippen LogP contribution is -2.45. The van der Waals surface area contributed by atoms with Gasteiger partial charge >= 0.3 is 5.97 Å². The van der Waals surface area contributed by atoms with Gasteiger partial charge in [-0.25, -0.2) is 4.79 Å². The molecule has 6 heteroatoms. The fourth-order valence-corrected chi connectivity index (χ4v) is 4.33. The molecule has 1 unspecified atom stereocenters. The van der Waals surface area contributed by atoms with Crippen molar-refractivity contribution < 1.29 is 19.5 Å². The monoisotopic (exact) mass is 322 g/mol. The van der Waals surface area contributed by atoms with Gasteiger partial charge in [-0.15, -0.1) is 0 Å². The van der Waals surface area contributed by atoms with E-state index in [4.69, 9.17) is 0 Å². The molecule has 1 saturated carbocycles. The summed E-state index contributed by atoms with van der Waals surface area (Å²) in [7, 11) is 0. The summed E-state index contributed by atoms with van der Waals surface area (Å²) >= 11 is 0. The van der Waals surface area contributed by atoms with Crippen LogP contribution in [0.4, 0.5) is 0 Å². The predicted octanol–water partition coefficient (Wildman–Crippen LogP) is 1.49. The first kappa shape index (κ1) is 16.3. The molecule has 3 aliphatic rings. The maximum absolute atomic E-state index is 12.7. The number of amides is 2. The Morgan fingerprint density at radius 1 is 1.13 bits per heavy atom. The molecule has 6 nitrogen and oxygen atoms in total. The van der Waals surface area contributed by atoms with E-state index in [-0.39, 0.29) is 30.2 Å². The van der Waals surface area contributed by atoms with Gasteiger partial charge in [-0.1, -0.05) is 6.92 Å². The average Bonchev–Trinajstić information content (AvgIpc) is 3.14. The van der Waals surface area contributed by atoms with Crippen LogP contribution in [-0.4, -0.2) is 57.9 Å². The molecule has 2 saturated heterocycles. The Balaban J connectivity index is 1.63. The van der Waals surface area contributed by atoms with Gasteiger partial charge in [-0.05, 0) is 44.4 Å². The summed E-state index contributed by atoms with van der Waals surface area (Å²) < 4.78 is 0. The van der Waals surface area contributed by atoms with Crippen LogP contribution in [0.25, 0.3) is 0 Å². The van der Waals surface area contributed by atoms with Crippen LogP contribution < -0.4 is 0 Å². The Morgan fingerprint density at radius 3 is 2.48 bits per heavy atom. The number of hydrogen-bond acceptors (Lipinski definition) is 3. The molecule has 2 amide bonds. The zero-order valence-electron chi connectivity index (χ0n) is 13.7. The molecule has 2 atom stereocenters. The van der Waals surface area contributed by atoms with Crippen molar-refractivity contribution in [1.82, 2.24) is 9.80 Å². The first-order valence-corrected chi connectivity index (χ1v) is 8.80. The van der Waals surface area contributed by atoms with E-state index in [1.54, 1.807) is 0 Å². The van der Waals surface area contributed by atoms with E-state index in [9.17, 15) is 19.5 Å². The highest BCUT2D eigenvalue weighted by Crippen LogP contribution is 2.32. The molecule has 0 aromatic rings. The van der Waals surface area contributed by atoms with Gasteiger partial charge in [0.25, 0.3) is 0 Å². The minimum atomic E-state index is -0.932. The molecule has 2 aliphatic heterocycles. The molecule has 3 rings (SSSR count). The van der Waals surface area contributed by atoms with Gasteiger partial charge in [-0.2, -0.15) is 0 Å². The van der Waals surface area contributed by atoms with Crippen LogP contribution in [0.2, 0.25) is 0 Å². The van der Waals surface area contributed by atoms with Crippen molar-refractivity contribution in [1.29, 1.82) is 0 Å². The summed E-state index contributed by atoms with van der Waals surface area (Å²) in [6.07, 6.45) is 5.82.